The van der Waals surface area contributed by atoms with Crippen LogP contribution in [0.4, 0.5) is 0 Å². The van der Waals surface area contributed by atoms with Gasteiger partial charge in [-0.1, -0.05) is 34.1 Å². The van der Waals surface area contributed by atoms with Crippen LogP contribution < -0.4 is 10.1 Å². The Morgan fingerprint density at radius 1 is 1.45 bits per heavy atom. The number of rotatable bonds is 6. The van der Waals surface area contributed by atoms with Gasteiger partial charge in [0.05, 0.1) is 6.20 Å². The zero-order valence-electron chi connectivity index (χ0n) is 11.9. The molecule has 0 amide bonds. The van der Waals surface area contributed by atoms with Gasteiger partial charge in [-0.3, -0.25) is 4.68 Å². The van der Waals surface area contributed by atoms with E-state index >= 15 is 0 Å². The fourth-order valence-electron chi connectivity index (χ4n) is 2.02. The predicted molar refractivity (Wildman–Crippen MR) is 81.6 cm³/mol. The van der Waals surface area contributed by atoms with E-state index in [9.17, 15) is 0 Å². The van der Waals surface area contributed by atoms with Crippen LogP contribution in [-0.2, 0) is 13.7 Å². The van der Waals surface area contributed by atoms with E-state index < -0.39 is 0 Å². The van der Waals surface area contributed by atoms with E-state index in [1.165, 1.54) is 0 Å². The van der Waals surface area contributed by atoms with Crippen molar-refractivity contribution in [1.82, 2.24) is 20.3 Å². The quantitative estimate of drug-likeness (QED) is 0.879. The Labute approximate surface area is 127 Å². The van der Waals surface area contributed by atoms with Crippen LogP contribution in [0.3, 0.4) is 0 Å². The summed E-state index contributed by atoms with van der Waals surface area (Å²) < 4.78 is 8.57. The average Bonchev–Trinajstić information content (AvgIpc) is 2.82. The van der Waals surface area contributed by atoms with E-state index in [-0.39, 0.29) is 6.04 Å². The van der Waals surface area contributed by atoms with E-state index in [1.54, 1.807) is 4.68 Å². The minimum absolute atomic E-state index is 0.241. The van der Waals surface area contributed by atoms with Crippen LogP contribution >= 0.6 is 15.9 Å². The Balaban J connectivity index is 2.14. The summed E-state index contributed by atoms with van der Waals surface area (Å²) in [4.78, 5) is 0. The second-order valence-electron chi connectivity index (χ2n) is 4.63. The van der Waals surface area contributed by atoms with Gasteiger partial charge in [0, 0.05) is 23.1 Å². The van der Waals surface area contributed by atoms with Crippen molar-refractivity contribution in [2.24, 2.45) is 7.05 Å². The molecule has 2 rings (SSSR count). The lowest BCUT2D eigenvalue weighted by atomic mass is 10.1. The maximum Gasteiger partial charge on any atom is 0.134 e. The molecular weight excluding hydrogens is 320 g/mol. The maximum absolute atomic E-state index is 5.90. The van der Waals surface area contributed by atoms with Crippen molar-refractivity contribution >= 4 is 15.9 Å². The zero-order valence-corrected chi connectivity index (χ0v) is 13.5. The van der Waals surface area contributed by atoms with Gasteiger partial charge in [0.25, 0.3) is 0 Å². The van der Waals surface area contributed by atoms with Crippen LogP contribution in [0, 0.1) is 0 Å². The van der Waals surface area contributed by atoms with Gasteiger partial charge in [-0.25, -0.2) is 0 Å². The van der Waals surface area contributed by atoms with Crippen molar-refractivity contribution in [2.75, 3.05) is 6.54 Å². The van der Waals surface area contributed by atoms with Gasteiger partial charge < -0.3 is 10.1 Å². The Hall–Kier alpha value is -1.40. The summed E-state index contributed by atoms with van der Waals surface area (Å²) in [5.74, 6) is 0.860. The maximum atomic E-state index is 5.90. The molecule has 0 saturated heterocycles. The van der Waals surface area contributed by atoms with Crippen molar-refractivity contribution in [3.8, 4) is 5.75 Å². The summed E-state index contributed by atoms with van der Waals surface area (Å²) in [6, 6.07) is 6.33. The molecule has 0 bridgehead atoms. The van der Waals surface area contributed by atoms with Gasteiger partial charge in [-0.2, -0.15) is 0 Å². The lowest BCUT2D eigenvalue weighted by Gasteiger charge is -2.17. The number of hydrogen-bond acceptors (Lipinski definition) is 4. The van der Waals surface area contributed by atoms with E-state index in [1.807, 2.05) is 25.4 Å². The monoisotopic (exact) mass is 338 g/mol. The number of nitrogens with one attached hydrogen (secondary N) is 1. The van der Waals surface area contributed by atoms with Crippen LogP contribution in [0.1, 0.15) is 31.1 Å². The highest BCUT2D eigenvalue weighted by molar-refractivity contribution is 9.10. The van der Waals surface area contributed by atoms with Gasteiger partial charge in [0.2, 0.25) is 0 Å². The minimum Gasteiger partial charge on any atom is -0.487 e. The number of nitrogens with zero attached hydrogens (tertiary/aromatic N) is 3. The summed E-state index contributed by atoms with van der Waals surface area (Å²) in [5.41, 5.74) is 1.95. The first-order chi connectivity index (χ1) is 9.60. The topological polar surface area (TPSA) is 52.0 Å². The lowest BCUT2D eigenvalue weighted by Crippen LogP contribution is -2.18. The van der Waals surface area contributed by atoms with Crippen molar-refractivity contribution in [3.63, 3.8) is 0 Å². The molecule has 0 aliphatic carbocycles. The molecule has 0 aliphatic heterocycles. The molecule has 20 heavy (non-hydrogen) atoms. The first-order valence-corrected chi connectivity index (χ1v) is 7.40. The Bertz CT molecular complexity index is 570. The molecule has 108 valence electrons. The normalized spacial score (nSPS) is 12.4. The molecule has 0 saturated carbocycles. The zero-order chi connectivity index (χ0) is 14.5. The van der Waals surface area contributed by atoms with Crippen molar-refractivity contribution in [1.29, 1.82) is 0 Å². The second kappa shape index (κ2) is 6.85. The van der Waals surface area contributed by atoms with Crippen molar-refractivity contribution in [3.05, 3.63) is 40.1 Å². The standard InChI is InChI=1S/C14H19BrN4O/c1-4-16-10(2)13-6-5-11(15)7-14(13)20-9-12-8-19(3)18-17-12/h5-8,10,16H,4,9H2,1-3H3. The van der Waals surface area contributed by atoms with Gasteiger partial charge in [-0.05, 0) is 25.6 Å². The first-order valence-electron chi connectivity index (χ1n) is 6.61. The molecule has 1 aromatic heterocycles. The first kappa shape index (κ1) is 15.0. The molecular formula is C14H19BrN4O. The highest BCUT2D eigenvalue weighted by Crippen LogP contribution is 2.29. The van der Waals surface area contributed by atoms with Crippen LogP contribution in [0.2, 0.25) is 0 Å². The number of ether oxygens (including phenoxy) is 1. The molecule has 1 atom stereocenters. The number of halogens is 1. The van der Waals surface area contributed by atoms with Gasteiger partial charge >= 0.3 is 0 Å². The summed E-state index contributed by atoms with van der Waals surface area (Å²) in [5, 5.41) is 11.3. The number of aryl methyl sites for hydroxylation is 1. The molecule has 0 radical (unpaired) electrons. The molecule has 5 nitrogen and oxygen atoms in total. The number of benzene rings is 1. The molecule has 1 N–H and O–H groups in total. The third kappa shape index (κ3) is 3.80. The van der Waals surface area contributed by atoms with Crippen LogP contribution in [0.15, 0.2) is 28.9 Å². The Kier molecular flexibility index (Phi) is 5.14. The smallest absolute Gasteiger partial charge is 0.134 e. The van der Waals surface area contributed by atoms with E-state index in [0.717, 1.165) is 28.0 Å². The van der Waals surface area contributed by atoms with Gasteiger partial charge in [0.15, 0.2) is 0 Å². The Morgan fingerprint density at radius 2 is 2.25 bits per heavy atom. The molecule has 2 aromatic rings. The third-order valence-corrected chi connectivity index (χ3v) is 3.47. The number of aromatic nitrogens is 3. The molecule has 6 heteroatoms. The number of hydrogen-bond donors (Lipinski definition) is 1. The molecule has 0 aliphatic rings. The predicted octanol–water partition coefficient (Wildman–Crippen LogP) is 2.83. The van der Waals surface area contributed by atoms with Gasteiger partial charge in [0.1, 0.15) is 18.1 Å². The van der Waals surface area contributed by atoms with Crippen molar-refractivity contribution in [2.45, 2.75) is 26.5 Å². The van der Waals surface area contributed by atoms with E-state index in [2.05, 4.69) is 51.5 Å². The SMILES string of the molecule is CCNC(C)c1ccc(Br)cc1OCc1cn(C)nn1. The molecule has 1 unspecified atom stereocenters. The summed E-state index contributed by atoms with van der Waals surface area (Å²) >= 11 is 3.48. The summed E-state index contributed by atoms with van der Waals surface area (Å²) in [6.07, 6.45) is 1.85. The van der Waals surface area contributed by atoms with Crippen LogP contribution in [0.5, 0.6) is 5.75 Å². The highest BCUT2D eigenvalue weighted by Gasteiger charge is 2.12. The average molecular weight is 339 g/mol. The minimum atomic E-state index is 0.241. The molecule has 0 spiro atoms. The summed E-state index contributed by atoms with van der Waals surface area (Å²) in [6.45, 7) is 5.55. The van der Waals surface area contributed by atoms with E-state index in [0.29, 0.717) is 6.61 Å². The molecule has 1 aromatic carbocycles. The Morgan fingerprint density at radius 3 is 2.90 bits per heavy atom. The lowest BCUT2D eigenvalue weighted by molar-refractivity contribution is 0.295. The molecule has 1 heterocycles. The van der Waals surface area contributed by atoms with Crippen molar-refractivity contribution < 1.29 is 4.74 Å². The van der Waals surface area contributed by atoms with Crippen LogP contribution in [0.25, 0.3) is 0 Å². The van der Waals surface area contributed by atoms with Gasteiger partial charge in [-0.15, -0.1) is 5.10 Å². The fourth-order valence-corrected chi connectivity index (χ4v) is 2.36. The molecule has 0 fully saturated rings. The highest BCUT2D eigenvalue weighted by atomic mass is 79.9. The third-order valence-electron chi connectivity index (χ3n) is 2.98. The van der Waals surface area contributed by atoms with Crippen LogP contribution in [-0.4, -0.2) is 21.5 Å². The largest absolute Gasteiger partial charge is 0.487 e. The summed E-state index contributed by atoms with van der Waals surface area (Å²) in [7, 11) is 1.84. The fraction of sp³-hybridized carbons (Fsp3) is 0.429. The second-order valence-corrected chi connectivity index (χ2v) is 5.55. The van der Waals surface area contributed by atoms with E-state index in [4.69, 9.17) is 4.74 Å².